The first-order chi connectivity index (χ1) is 11.8. The third kappa shape index (κ3) is 4.76. The smallest absolute Gasteiger partial charge is 0.122 e. The minimum absolute atomic E-state index is 0.227. The molecule has 0 aliphatic carbocycles. The lowest BCUT2D eigenvalue weighted by Crippen LogP contribution is -3.14. The van der Waals surface area contributed by atoms with Gasteiger partial charge in [-0.3, -0.25) is 0 Å². The first kappa shape index (κ1) is 17.8. The summed E-state index contributed by atoms with van der Waals surface area (Å²) < 4.78 is 6.80. The normalized spacial score (nSPS) is 22.2. The largest absolute Gasteiger partial charge is 0.496 e. The van der Waals surface area contributed by atoms with Crippen LogP contribution >= 0.6 is 23.1 Å². The molecule has 130 valence electrons. The van der Waals surface area contributed by atoms with E-state index in [0.717, 1.165) is 31.1 Å². The number of aliphatic hydroxyl groups excluding tert-OH is 1. The fraction of sp³-hybridized carbons (Fsp3) is 0.474. The third-order valence-corrected chi connectivity index (χ3v) is 6.98. The molecule has 0 radical (unpaired) electrons. The molecule has 0 amide bonds. The van der Waals surface area contributed by atoms with Gasteiger partial charge < -0.3 is 14.7 Å². The Labute approximate surface area is 152 Å². The van der Waals surface area contributed by atoms with Crippen LogP contribution in [0.5, 0.6) is 5.75 Å². The maximum absolute atomic E-state index is 10.3. The Hall–Kier alpha value is -1.01. The van der Waals surface area contributed by atoms with Crippen LogP contribution in [0.25, 0.3) is 0 Å². The minimum Gasteiger partial charge on any atom is -0.496 e. The molecule has 2 N–H and O–H groups in total. The van der Waals surface area contributed by atoms with Crippen molar-refractivity contribution in [1.82, 2.24) is 0 Å². The highest BCUT2D eigenvalue weighted by molar-refractivity contribution is 8.01. The molecule has 2 heterocycles. The van der Waals surface area contributed by atoms with Gasteiger partial charge in [0.05, 0.1) is 24.4 Å². The number of hydrogen-bond donors (Lipinski definition) is 2. The second kappa shape index (κ2) is 8.90. The topological polar surface area (TPSA) is 33.9 Å². The second-order valence-corrected chi connectivity index (χ2v) is 8.64. The van der Waals surface area contributed by atoms with Crippen LogP contribution in [-0.2, 0) is 0 Å². The van der Waals surface area contributed by atoms with Gasteiger partial charge in [0, 0.05) is 18.6 Å². The summed E-state index contributed by atoms with van der Waals surface area (Å²) in [6.07, 6.45) is 2.11. The molecular weight excluding hydrogens is 338 g/mol. The van der Waals surface area contributed by atoms with Crippen molar-refractivity contribution in [3.63, 3.8) is 0 Å². The number of methoxy groups -OCH3 is 1. The Balaban J connectivity index is 1.45. The lowest BCUT2D eigenvalue weighted by atomic mass is 9.88. The molecule has 1 aliphatic rings. The van der Waals surface area contributed by atoms with Crippen molar-refractivity contribution in [3.05, 3.63) is 47.3 Å². The number of para-hydroxylation sites is 1. The zero-order valence-corrected chi connectivity index (χ0v) is 15.7. The van der Waals surface area contributed by atoms with Gasteiger partial charge in [0.15, 0.2) is 0 Å². The van der Waals surface area contributed by atoms with Crippen LogP contribution in [-0.4, -0.2) is 43.7 Å². The van der Waals surface area contributed by atoms with Crippen molar-refractivity contribution >= 4 is 23.1 Å². The highest BCUT2D eigenvalue weighted by Gasteiger charge is 2.26. The Morgan fingerprint density at radius 2 is 2.04 bits per heavy atom. The molecule has 5 heteroatoms. The standard InChI is InChI=1S/C19H25NO2S2/c1-22-18-6-3-2-5-17(18)15-8-10-20(11-9-15)13-16(21)14-24-19-7-4-12-23-19/h2-7,12,15-16,21H,8-11,13-14H2,1H3/p+1/t16-/m0/s1. The van der Waals surface area contributed by atoms with Crippen molar-refractivity contribution in [2.24, 2.45) is 0 Å². The average Bonchev–Trinajstić information content (AvgIpc) is 3.14. The number of rotatable bonds is 7. The molecule has 1 saturated heterocycles. The number of benzene rings is 1. The number of quaternary nitrogens is 1. The monoisotopic (exact) mass is 364 g/mol. The van der Waals surface area contributed by atoms with E-state index in [1.54, 1.807) is 30.2 Å². The number of thiophene rings is 1. The van der Waals surface area contributed by atoms with Crippen LogP contribution in [0.15, 0.2) is 46.0 Å². The summed E-state index contributed by atoms with van der Waals surface area (Å²) >= 11 is 3.51. The van der Waals surface area contributed by atoms with Crippen LogP contribution < -0.4 is 9.64 Å². The summed E-state index contributed by atoms with van der Waals surface area (Å²) in [5, 5.41) is 12.4. The Kier molecular flexibility index (Phi) is 6.60. The van der Waals surface area contributed by atoms with E-state index in [1.165, 1.54) is 27.5 Å². The van der Waals surface area contributed by atoms with Gasteiger partial charge in [0.25, 0.3) is 0 Å². The number of nitrogens with one attached hydrogen (secondary N) is 1. The van der Waals surface area contributed by atoms with Gasteiger partial charge in [-0.1, -0.05) is 24.3 Å². The highest BCUT2D eigenvalue weighted by atomic mass is 32.2. The third-order valence-electron chi connectivity index (χ3n) is 4.71. The Bertz CT molecular complexity index is 610. The number of aliphatic hydroxyl groups is 1. The summed E-state index contributed by atoms with van der Waals surface area (Å²) in [6, 6.07) is 12.6. The number of hydrogen-bond acceptors (Lipinski definition) is 4. The molecule has 1 aromatic heterocycles. The molecule has 1 atom stereocenters. The molecule has 24 heavy (non-hydrogen) atoms. The van der Waals surface area contributed by atoms with Gasteiger partial charge >= 0.3 is 0 Å². The molecule has 0 bridgehead atoms. The number of ether oxygens (including phenoxy) is 1. The molecule has 1 aliphatic heterocycles. The van der Waals surface area contributed by atoms with Crippen molar-refractivity contribution < 1.29 is 14.7 Å². The van der Waals surface area contributed by atoms with Crippen LogP contribution in [0.2, 0.25) is 0 Å². The summed E-state index contributed by atoms with van der Waals surface area (Å²) in [4.78, 5) is 1.53. The quantitative estimate of drug-likeness (QED) is 0.741. The summed E-state index contributed by atoms with van der Waals surface area (Å²) in [5.41, 5.74) is 1.34. The van der Waals surface area contributed by atoms with Crippen molar-refractivity contribution in [1.29, 1.82) is 0 Å². The maximum atomic E-state index is 10.3. The molecule has 0 spiro atoms. The summed E-state index contributed by atoms with van der Waals surface area (Å²) in [6.45, 7) is 3.11. The predicted molar refractivity (Wildman–Crippen MR) is 102 cm³/mol. The van der Waals surface area contributed by atoms with Crippen molar-refractivity contribution in [2.75, 3.05) is 32.5 Å². The molecular formula is C19H26NO2S2+. The van der Waals surface area contributed by atoms with E-state index in [-0.39, 0.29) is 6.10 Å². The van der Waals surface area contributed by atoms with Gasteiger partial charge in [-0.05, 0) is 29.0 Å². The molecule has 1 aromatic carbocycles. The zero-order valence-electron chi connectivity index (χ0n) is 14.1. The number of thioether (sulfide) groups is 1. The summed E-state index contributed by atoms with van der Waals surface area (Å²) in [7, 11) is 1.75. The SMILES string of the molecule is COc1ccccc1C1CC[NH+](C[C@H](O)CSc2cccs2)CC1. The van der Waals surface area contributed by atoms with E-state index in [0.29, 0.717) is 5.92 Å². The van der Waals surface area contributed by atoms with Gasteiger partial charge in [0.2, 0.25) is 0 Å². The van der Waals surface area contributed by atoms with E-state index in [2.05, 4.69) is 35.7 Å². The predicted octanol–water partition coefficient (Wildman–Crippen LogP) is 2.67. The van der Waals surface area contributed by atoms with Gasteiger partial charge in [-0.25, -0.2) is 0 Å². The molecule has 2 aromatic rings. The fourth-order valence-corrected chi connectivity index (χ4v) is 5.20. The molecule has 0 unspecified atom stereocenters. The van der Waals surface area contributed by atoms with E-state index in [1.807, 2.05) is 6.07 Å². The van der Waals surface area contributed by atoms with Crippen LogP contribution in [0.1, 0.15) is 24.3 Å². The Morgan fingerprint density at radius 3 is 2.75 bits per heavy atom. The Morgan fingerprint density at radius 1 is 1.25 bits per heavy atom. The van der Waals surface area contributed by atoms with E-state index in [4.69, 9.17) is 4.74 Å². The van der Waals surface area contributed by atoms with Gasteiger partial charge in [0.1, 0.15) is 18.4 Å². The number of piperidine rings is 1. The lowest BCUT2D eigenvalue weighted by Gasteiger charge is -2.31. The fourth-order valence-electron chi connectivity index (χ4n) is 3.46. The van der Waals surface area contributed by atoms with Crippen molar-refractivity contribution in [2.45, 2.75) is 29.1 Å². The zero-order chi connectivity index (χ0) is 16.8. The lowest BCUT2D eigenvalue weighted by molar-refractivity contribution is -0.908. The number of likely N-dealkylation sites (tertiary alicyclic amines) is 1. The molecule has 0 saturated carbocycles. The highest BCUT2D eigenvalue weighted by Crippen LogP contribution is 2.31. The van der Waals surface area contributed by atoms with E-state index < -0.39 is 0 Å². The second-order valence-electron chi connectivity index (χ2n) is 6.37. The van der Waals surface area contributed by atoms with E-state index in [9.17, 15) is 5.11 Å². The van der Waals surface area contributed by atoms with Crippen LogP contribution in [0.4, 0.5) is 0 Å². The molecule has 3 rings (SSSR count). The van der Waals surface area contributed by atoms with Crippen LogP contribution in [0.3, 0.4) is 0 Å². The van der Waals surface area contributed by atoms with Crippen molar-refractivity contribution in [3.8, 4) is 5.75 Å². The average molecular weight is 365 g/mol. The van der Waals surface area contributed by atoms with Gasteiger partial charge in [-0.2, -0.15) is 0 Å². The first-order valence-electron chi connectivity index (χ1n) is 8.57. The van der Waals surface area contributed by atoms with Crippen LogP contribution in [0, 0.1) is 0 Å². The first-order valence-corrected chi connectivity index (χ1v) is 10.4. The van der Waals surface area contributed by atoms with E-state index >= 15 is 0 Å². The maximum Gasteiger partial charge on any atom is 0.122 e. The minimum atomic E-state index is -0.227. The molecule has 3 nitrogen and oxygen atoms in total. The molecule has 1 fully saturated rings. The summed E-state index contributed by atoms with van der Waals surface area (Å²) in [5.74, 6) is 2.39. The van der Waals surface area contributed by atoms with Gasteiger partial charge in [-0.15, -0.1) is 23.1 Å².